The van der Waals surface area contributed by atoms with Crippen molar-refractivity contribution in [1.82, 2.24) is 5.32 Å². The van der Waals surface area contributed by atoms with Crippen LogP contribution < -0.4 is 11.1 Å². The van der Waals surface area contributed by atoms with Crippen LogP contribution in [0, 0.1) is 5.82 Å². The summed E-state index contributed by atoms with van der Waals surface area (Å²) in [7, 11) is 0. The minimum Gasteiger partial charge on any atom is -0.480 e. The van der Waals surface area contributed by atoms with E-state index in [9.17, 15) is 18.8 Å². The summed E-state index contributed by atoms with van der Waals surface area (Å²) in [5.41, 5.74) is 4.95. The third kappa shape index (κ3) is 3.85. The maximum Gasteiger partial charge on any atom is 0.326 e. The Morgan fingerprint density at radius 3 is 2.28 bits per heavy atom. The topological polar surface area (TPSA) is 109 Å². The van der Waals surface area contributed by atoms with Crippen LogP contribution in [0.3, 0.4) is 0 Å². The maximum atomic E-state index is 12.6. The molecule has 0 aliphatic rings. The van der Waals surface area contributed by atoms with E-state index < -0.39 is 36.1 Å². The van der Waals surface area contributed by atoms with Crippen LogP contribution in [0.2, 0.25) is 0 Å². The van der Waals surface area contributed by atoms with Crippen LogP contribution in [0.4, 0.5) is 4.39 Å². The predicted molar refractivity (Wildman–Crippen MR) is 59.1 cm³/mol. The smallest absolute Gasteiger partial charge is 0.326 e. The Morgan fingerprint density at radius 2 is 1.83 bits per heavy atom. The van der Waals surface area contributed by atoms with E-state index in [2.05, 4.69) is 5.32 Å². The highest BCUT2D eigenvalue weighted by Crippen LogP contribution is 2.03. The molecule has 0 saturated heterocycles. The lowest BCUT2D eigenvalue weighted by Gasteiger charge is -2.12. The third-order valence-electron chi connectivity index (χ3n) is 2.12. The number of benzene rings is 1. The summed E-state index contributed by atoms with van der Waals surface area (Å²) in [5.74, 6) is -3.45. The highest BCUT2D eigenvalue weighted by molar-refractivity contribution is 5.97. The SMILES string of the molecule is NC(=O)C[C@H](NC(=O)c1ccc([18F])cc1)C(=O)O. The summed E-state index contributed by atoms with van der Waals surface area (Å²) >= 11 is 0. The quantitative estimate of drug-likeness (QED) is 0.679. The van der Waals surface area contributed by atoms with E-state index in [-0.39, 0.29) is 5.56 Å². The number of hydrogen-bond donors (Lipinski definition) is 3. The van der Waals surface area contributed by atoms with Crippen molar-refractivity contribution in [2.24, 2.45) is 5.73 Å². The summed E-state index contributed by atoms with van der Waals surface area (Å²) < 4.78 is 12.6. The minimum absolute atomic E-state index is 0.0899. The largest absolute Gasteiger partial charge is 0.480 e. The molecule has 96 valence electrons. The second kappa shape index (κ2) is 5.76. The number of hydrogen-bond acceptors (Lipinski definition) is 3. The molecule has 0 aromatic heterocycles. The summed E-state index contributed by atoms with van der Waals surface area (Å²) in [4.78, 5) is 33.0. The molecular formula is C11H11FN2O4. The lowest BCUT2D eigenvalue weighted by Crippen LogP contribution is -2.43. The Kier molecular flexibility index (Phi) is 4.36. The molecule has 1 aromatic carbocycles. The fourth-order valence-corrected chi connectivity index (χ4v) is 1.24. The molecule has 4 N–H and O–H groups in total. The second-order valence-electron chi connectivity index (χ2n) is 3.54. The van der Waals surface area contributed by atoms with E-state index in [1.54, 1.807) is 0 Å². The average molecular weight is 253 g/mol. The Labute approximate surface area is 102 Å². The molecule has 7 heteroatoms. The summed E-state index contributed by atoms with van der Waals surface area (Å²) in [6.07, 6.45) is -0.512. The van der Waals surface area contributed by atoms with Gasteiger partial charge in [0.05, 0.1) is 6.42 Å². The van der Waals surface area contributed by atoms with Crippen molar-refractivity contribution >= 4 is 17.8 Å². The highest BCUT2D eigenvalue weighted by Gasteiger charge is 2.22. The monoisotopic (exact) mass is 253 g/mol. The fraction of sp³-hybridized carbons (Fsp3) is 0.182. The van der Waals surface area contributed by atoms with Gasteiger partial charge in [0.25, 0.3) is 5.91 Å². The van der Waals surface area contributed by atoms with E-state index in [0.717, 1.165) is 12.1 Å². The predicted octanol–water partition coefficient (Wildman–Crippen LogP) is -0.116. The Bertz CT molecular complexity index is 472. The third-order valence-corrected chi connectivity index (χ3v) is 2.12. The molecular weight excluding hydrogens is 242 g/mol. The molecule has 1 rings (SSSR count). The summed E-state index contributed by atoms with van der Waals surface area (Å²) in [5, 5.41) is 10.9. The van der Waals surface area contributed by atoms with Crippen molar-refractivity contribution in [2.45, 2.75) is 12.5 Å². The van der Waals surface area contributed by atoms with Gasteiger partial charge in [-0.15, -0.1) is 0 Å². The number of carboxylic acids is 1. The van der Waals surface area contributed by atoms with Gasteiger partial charge in [-0.25, -0.2) is 9.18 Å². The number of amides is 2. The number of rotatable bonds is 5. The molecule has 2 amide bonds. The Hall–Kier alpha value is -2.44. The molecule has 6 nitrogen and oxygen atoms in total. The minimum atomic E-state index is -1.40. The molecule has 0 bridgehead atoms. The molecule has 1 aromatic rings. The second-order valence-corrected chi connectivity index (χ2v) is 3.54. The van der Waals surface area contributed by atoms with Crippen molar-refractivity contribution in [1.29, 1.82) is 0 Å². The van der Waals surface area contributed by atoms with Crippen molar-refractivity contribution in [2.75, 3.05) is 0 Å². The number of carboxylic acid groups (broad SMARTS) is 1. The zero-order chi connectivity index (χ0) is 13.7. The maximum absolute atomic E-state index is 12.6. The number of nitrogens with one attached hydrogen (secondary N) is 1. The van der Waals surface area contributed by atoms with Crippen LogP contribution in [-0.2, 0) is 9.59 Å². The first-order valence-corrected chi connectivity index (χ1v) is 4.97. The first-order valence-electron chi connectivity index (χ1n) is 4.97. The van der Waals surface area contributed by atoms with E-state index in [1.165, 1.54) is 12.1 Å². The number of aliphatic carboxylic acids is 1. The van der Waals surface area contributed by atoms with Gasteiger partial charge in [0.2, 0.25) is 5.91 Å². The Balaban J connectivity index is 2.75. The molecule has 0 unspecified atom stereocenters. The van der Waals surface area contributed by atoms with E-state index in [4.69, 9.17) is 10.8 Å². The van der Waals surface area contributed by atoms with Crippen LogP contribution in [0.25, 0.3) is 0 Å². The molecule has 0 heterocycles. The zero-order valence-electron chi connectivity index (χ0n) is 9.22. The molecule has 18 heavy (non-hydrogen) atoms. The lowest BCUT2D eigenvalue weighted by atomic mass is 10.1. The normalized spacial score (nSPS) is 11.6. The molecule has 0 aliphatic heterocycles. The van der Waals surface area contributed by atoms with Gasteiger partial charge in [-0.2, -0.15) is 0 Å². The molecule has 0 saturated carbocycles. The average Bonchev–Trinajstić information content (AvgIpc) is 2.28. The van der Waals surface area contributed by atoms with Crippen molar-refractivity contribution in [3.05, 3.63) is 35.6 Å². The van der Waals surface area contributed by atoms with Gasteiger partial charge in [0.15, 0.2) is 0 Å². The van der Waals surface area contributed by atoms with Gasteiger partial charge in [-0.3, -0.25) is 9.59 Å². The molecule has 0 fully saturated rings. The number of halogens is 1. The van der Waals surface area contributed by atoms with Crippen LogP contribution in [0.15, 0.2) is 24.3 Å². The molecule has 0 spiro atoms. The number of primary amides is 1. The van der Waals surface area contributed by atoms with E-state index in [0.29, 0.717) is 0 Å². The summed E-state index contributed by atoms with van der Waals surface area (Å²) in [6, 6.07) is 3.14. The summed E-state index contributed by atoms with van der Waals surface area (Å²) in [6.45, 7) is 0. The van der Waals surface area contributed by atoms with Crippen LogP contribution in [0.5, 0.6) is 0 Å². The van der Waals surface area contributed by atoms with Crippen LogP contribution in [-0.4, -0.2) is 28.9 Å². The van der Waals surface area contributed by atoms with Gasteiger partial charge in [0, 0.05) is 5.56 Å². The fourth-order valence-electron chi connectivity index (χ4n) is 1.24. The van der Waals surface area contributed by atoms with Crippen molar-refractivity contribution in [3.63, 3.8) is 0 Å². The molecule has 0 aliphatic carbocycles. The number of carbonyl (C=O) groups is 3. The van der Waals surface area contributed by atoms with Crippen molar-refractivity contribution < 1.29 is 23.9 Å². The van der Waals surface area contributed by atoms with Crippen LogP contribution in [0.1, 0.15) is 16.8 Å². The Morgan fingerprint density at radius 1 is 1.28 bits per heavy atom. The highest BCUT2D eigenvalue weighted by atomic mass is 18.2. The molecule has 1 atom stereocenters. The van der Waals surface area contributed by atoms with Gasteiger partial charge in [-0.1, -0.05) is 0 Å². The van der Waals surface area contributed by atoms with Crippen molar-refractivity contribution in [3.8, 4) is 0 Å². The van der Waals surface area contributed by atoms with Gasteiger partial charge < -0.3 is 16.2 Å². The van der Waals surface area contributed by atoms with E-state index in [1.807, 2.05) is 0 Å². The standard InChI is InChI=1S/C11H11FN2O4/c12-7-3-1-6(2-4-7)10(16)14-8(11(17)18)5-9(13)15/h1-4,8H,5H2,(H2,13,15)(H,14,16)(H,17,18)/t8-/m0/s1/i12-1. The molecule has 0 radical (unpaired) electrons. The lowest BCUT2D eigenvalue weighted by molar-refractivity contribution is -0.140. The van der Waals surface area contributed by atoms with Crippen LogP contribution >= 0.6 is 0 Å². The van der Waals surface area contributed by atoms with Gasteiger partial charge in [0.1, 0.15) is 11.9 Å². The van der Waals surface area contributed by atoms with Gasteiger partial charge in [-0.05, 0) is 24.3 Å². The first kappa shape index (κ1) is 13.6. The number of nitrogens with two attached hydrogens (primary N) is 1. The number of carbonyl (C=O) groups excluding carboxylic acids is 2. The zero-order valence-corrected chi connectivity index (χ0v) is 9.22. The first-order chi connectivity index (χ1) is 8.40. The van der Waals surface area contributed by atoms with E-state index >= 15 is 0 Å². The van der Waals surface area contributed by atoms with Gasteiger partial charge >= 0.3 is 5.97 Å².